The molecular formula is C10H21. The maximum Gasteiger partial charge on any atom is -0.0443 e. The van der Waals surface area contributed by atoms with Crippen LogP contribution in [0.25, 0.3) is 0 Å². The third-order valence-electron chi connectivity index (χ3n) is 1.97. The second kappa shape index (κ2) is 5.76. The number of rotatable bonds is 5. The van der Waals surface area contributed by atoms with Gasteiger partial charge < -0.3 is 0 Å². The minimum Gasteiger partial charge on any atom is -0.0628 e. The van der Waals surface area contributed by atoms with Crippen molar-refractivity contribution in [1.82, 2.24) is 0 Å². The lowest BCUT2D eigenvalue weighted by atomic mass is 9.98. The van der Waals surface area contributed by atoms with Gasteiger partial charge in [-0.05, 0) is 11.8 Å². The van der Waals surface area contributed by atoms with Crippen LogP contribution in [0, 0.1) is 18.8 Å². The van der Waals surface area contributed by atoms with Gasteiger partial charge in [0.2, 0.25) is 0 Å². The summed E-state index contributed by atoms with van der Waals surface area (Å²) in [5.41, 5.74) is 0. The molecular weight excluding hydrogens is 120 g/mol. The van der Waals surface area contributed by atoms with Crippen molar-refractivity contribution in [2.24, 2.45) is 11.8 Å². The summed E-state index contributed by atoms with van der Waals surface area (Å²) in [7, 11) is 0. The van der Waals surface area contributed by atoms with Gasteiger partial charge in [0.15, 0.2) is 0 Å². The van der Waals surface area contributed by atoms with Crippen LogP contribution in [0.3, 0.4) is 0 Å². The second-order valence-electron chi connectivity index (χ2n) is 3.72. The van der Waals surface area contributed by atoms with Crippen molar-refractivity contribution < 1.29 is 0 Å². The molecule has 1 atom stereocenters. The average molecular weight is 141 g/mol. The Bertz CT molecular complexity index is 64.4. The Hall–Kier alpha value is 0. The smallest absolute Gasteiger partial charge is 0.0443 e. The quantitative estimate of drug-likeness (QED) is 0.548. The Labute approximate surface area is 66.0 Å². The van der Waals surface area contributed by atoms with E-state index in [4.69, 9.17) is 0 Å². The lowest BCUT2D eigenvalue weighted by Gasteiger charge is -2.08. The van der Waals surface area contributed by atoms with Gasteiger partial charge in [0, 0.05) is 0 Å². The van der Waals surface area contributed by atoms with Gasteiger partial charge in [-0.2, -0.15) is 0 Å². The van der Waals surface area contributed by atoms with Gasteiger partial charge in [-0.3, -0.25) is 0 Å². The molecule has 0 aromatic carbocycles. The monoisotopic (exact) mass is 141 g/mol. The molecule has 0 saturated heterocycles. The molecule has 0 bridgehead atoms. The minimum atomic E-state index is 0.832. The molecule has 0 amide bonds. The third-order valence-corrected chi connectivity index (χ3v) is 1.97. The topological polar surface area (TPSA) is 0 Å². The highest BCUT2D eigenvalue weighted by Crippen LogP contribution is 2.13. The standard InChI is InChI=1S/C10H21/c1-5-10(4)8-6-7-9(2)3/h9-10H,1,5-8H2,2-4H3/t10-/m1/s1. The van der Waals surface area contributed by atoms with Gasteiger partial charge in [0.25, 0.3) is 0 Å². The van der Waals surface area contributed by atoms with E-state index >= 15 is 0 Å². The lowest BCUT2D eigenvalue weighted by Crippen LogP contribution is -1.94. The Kier molecular flexibility index (Phi) is 5.76. The van der Waals surface area contributed by atoms with Crippen LogP contribution >= 0.6 is 0 Å². The zero-order valence-corrected chi connectivity index (χ0v) is 7.69. The Balaban J connectivity index is 3.03. The zero-order chi connectivity index (χ0) is 7.98. The second-order valence-corrected chi connectivity index (χ2v) is 3.72. The summed E-state index contributed by atoms with van der Waals surface area (Å²) in [5, 5.41) is 0. The Morgan fingerprint density at radius 1 is 1.10 bits per heavy atom. The Morgan fingerprint density at radius 2 is 1.70 bits per heavy atom. The van der Waals surface area contributed by atoms with E-state index in [0.717, 1.165) is 18.3 Å². The van der Waals surface area contributed by atoms with Gasteiger partial charge in [0.1, 0.15) is 0 Å². The van der Waals surface area contributed by atoms with Gasteiger partial charge in [-0.1, -0.05) is 53.4 Å². The van der Waals surface area contributed by atoms with E-state index in [1.165, 1.54) is 19.3 Å². The summed E-state index contributed by atoms with van der Waals surface area (Å²) in [6, 6.07) is 0. The summed E-state index contributed by atoms with van der Waals surface area (Å²) in [6.07, 6.45) is 5.22. The molecule has 10 heavy (non-hydrogen) atoms. The number of hydrogen-bond donors (Lipinski definition) is 0. The average Bonchev–Trinajstić information content (AvgIpc) is 1.87. The zero-order valence-electron chi connectivity index (χ0n) is 7.69. The maximum atomic E-state index is 3.88. The molecule has 0 N–H and O–H groups in total. The molecule has 0 spiro atoms. The predicted molar refractivity (Wildman–Crippen MR) is 47.8 cm³/mol. The van der Waals surface area contributed by atoms with E-state index in [2.05, 4.69) is 27.7 Å². The third kappa shape index (κ3) is 6.12. The van der Waals surface area contributed by atoms with Crippen molar-refractivity contribution in [3.8, 4) is 0 Å². The van der Waals surface area contributed by atoms with E-state index in [9.17, 15) is 0 Å². The molecule has 61 valence electrons. The summed E-state index contributed by atoms with van der Waals surface area (Å²) in [6.45, 7) is 10.7. The first-order valence-electron chi connectivity index (χ1n) is 4.46. The van der Waals surface area contributed by atoms with Crippen LogP contribution in [0.5, 0.6) is 0 Å². The van der Waals surface area contributed by atoms with Crippen molar-refractivity contribution in [2.45, 2.75) is 46.5 Å². The van der Waals surface area contributed by atoms with Crippen molar-refractivity contribution in [3.05, 3.63) is 6.92 Å². The van der Waals surface area contributed by atoms with Crippen LogP contribution in [0.15, 0.2) is 0 Å². The fourth-order valence-electron chi connectivity index (χ4n) is 1.02. The molecule has 0 aromatic heterocycles. The molecule has 0 rings (SSSR count). The molecule has 0 heterocycles. The molecule has 0 fully saturated rings. The number of hydrogen-bond acceptors (Lipinski definition) is 0. The normalized spacial score (nSPS) is 14.1. The van der Waals surface area contributed by atoms with Gasteiger partial charge in [-0.25, -0.2) is 0 Å². The molecule has 0 aliphatic carbocycles. The van der Waals surface area contributed by atoms with Crippen molar-refractivity contribution in [3.63, 3.8) is 0 Å². The van der Waals surface area contributed by atoms with Gasteiger partial charge >= 0.3 is 0 Å². The summed E-state index contributed by atoms with van der Waals surface area (Å²) >= 11 is 0. The highest BCUT2D eigenvalue weighted by atomic mass is 14.0. The van der Waals surface area contributed by atoms with Crippen LogP contribution in [0.2, 0.25) is 0 Å². The summed E-state index contributed by atoms with van der Waals surface area (Å²) < 4.78 is 0. The maximum absolute atomic E-state index is 3.88. The van der Waals surface area contributed by atoms with Crippen LogP contribution in [-0.4, -0.2) is 0 Å². The fourth-order valence-corrected chi connectivity index (χ4v) is 1.02. The van der Waals surface area contributed by atoms with Gasteiger partial charge in [0.05, 0.1) is 0 Å². The molecule has 0 aliphatic rings. The van der Waals surface area contributed by atoms with Crippen molar-refractivity contribution in [2.75, 3.05) is 0 Å². The van der Waals surface area contributed by atoms with Crippen molar-refractivity contribution in [1.29, 1.82) is 0 Å². The van der Waals surface area contributed by atoms with Crippen molar-refractivity contribution >= 4 is 0 Å². The van der Waals surface area contributed by atoms with Gasteiger partial charge in [-0.15, -0.1) is 0 Å². The van der Waals surface area contributed by atoms with Crippen LogP contribution < -0.4 is 0 Å². The molecule has 0 aliphatic heterocycles. The molecule has 0 heteroatoms. The first-order chi connectivity index (χ1) is 4.66. The predicted octanol–water partition coefficient (Wildman–Crippen LogP) is 3.67. The molecule has 1 radical (unpaired) electrons. The highest BCUT2D eigenvalue weighted by molar-refractivity contribution is 4.55. The highest BCUT2D eigenvalue weighted by Gasteiger charge is 1.99. The molecule has 0 nitrogen and oxygen atoms in total. The first-order valence-corrected chi connectivity index (χ1v) is 4.46. The summed E-state index contributed by atoms with van der Waals surface area (Å²) in [4.78, 5) is 0. The molecule has 0 unspecified atom stereocenters. The SMILES string of the molecule is [CH2]C[C@@H](C)CCCC(C)C. The molecule has 0 aromatic rings. The van der Waals surface area contributed by atoms with E-state index in [1.807, 2.05) is 0 Å². The lowest BCUT2D eigenvalue weighted by molar-refractivity contribution is 0.460. The first kappa shape index (κ1) is 10.0. The fraction of sp³-hybridized carbons (Fsp3) is 0.900. The van der Waals surface area contributed by atoms with E-state index in [1.54, 1.807) is 0 Å². The van der Waals surface area contributed by atoms with E-state index < -0.39 is 0 Å². The van der Waals surface area contributed by atoms with Crippen LogP contribution in [0.4, 0.5) is 0 Å². The van der Waals surface area contributed by atoms with Crippen LogP contribution in [-0.2, 0) is 0 Å². The largest absolute Gasteiger partial charge is 0.0628 e. The summed E-state index contributed by atoms with van der Waals surface area (Å²) in [5.74, 6) is 1.70. The molecule has 0 saturated carbocycles. The van der Waals surface area contributed by atoms with E-state index in [-0.39, 0.29) is 0 Å². The Morgan fingerprint density at radius 3 is 2.10 bits per heavy atom. The van der Waals surface area contributed by atoms with Crippen LogP contribution in [0.1, 0.15) is 46.5 Å². The minimum absolute atomic E-state index is 0.832. The van der Waals surface area contributed by atoms with E-state index in [0.29, 0.717) is 0 Å².